The first-order chi connectivity index (χ1) is 17.2. The Bertz CT molecular complexity index is 1180. The highest BCUT2D eigenvalue weighted by Gasteiger charge is 2.67. The molecule has 6 atom stereocenters. The molecule has 0 radical (unpaired) electrons. The molecule has 37 heavy (non-hydrogen) atoms. The number of carboxylic acids is 2. The highest BCUT2D eigenvalue weighted by Crippen LogP contribution is 2.67. The average molecular weight is 516 g/mol. The van der Waals surface area contributed by atoms with Gasteiger partial charge in [-0.1, -0.05) is 27.7 Å². The molecule has 0 aromatic heterocycles. The number of amides is 1. The largest absolute Gasteiger partial charge is 0.507 e. The summed E-state index contributed by atoms with van der Waals surface area (Å²) in [6, 6.07) is 0.339. The SMILES string of the molecule is C[C@H]1CC[C@H]2C(C)(C)[C@H](O)CC[C@]2(C)[C@]12Cc1c(cc3c(c1O)CN([C@@H](CCC(=O)O)C(=O)O)C3=O)O2. The van der Waals surface area contributed by atoms with Crippen molar-refractivity contribution in [1.82, 2.24) is 4.90 Å². The quantitative estimate of drug-likeness (QED) is 0.466. The lowest BCUT2D eigenvalue weighted by atomic mass is 9.43. The summed E-state index contributed by atoms with van der Waals surface area (Å²) in [7, 11) is 0. The highest BCUT2D eigenvalue weighted by atomic mass is 16.5. The number of carboxylic acid groups (broad SMARTS) is 2. The molecule has 9 heteroatoms. The van der Waals surface area contributed by atoms with Crippen molar-refractivity contribution < 1.29 is 39.5 Å². The molecule has 2 fully saturated rings. The van der Waals surface area contributed by atoms with E-state index in [1.807, 2.05) is 0 Å². The van der Waals surface area contributed by atoms with Gasteiger partial charge in [-0.15, -0.1) is 0 Å². The molecular formula is C28H37NO8. The van der Waals surface area contributed by atoms with Gasteiger partial charge in [-0.05, 0) is 55.4 Å². The number of phenols is 1. The summed E-state index contributed by atoms with van der Waals surface area (Å²) in [6.07, 6.45) is 2.90. The van der Waals surface area contributed by atoms with Crippen LogP contribution in [0.1, 0.15) is 87.7 Å². The van der Waals surface area contributed by atoms with Gasteiger partial charge in [-0.3, -0.25) is 9.59 Å². The first kappa shape index (κ1) is 25.8. The zero-order valence-corrected chi connectivity index (χ0v) is 21.9. The van der Waals surface area contributed by atoms with Crippen molar-refractivity contribution in [1.29, 1.82) is 0 Å². The molecule has 2 heterocycles. The monoisotopic (exact) mass is 515 g/mol. The zero-order valence-electron chi connectivity index (χ0n) is 21.9. The minimum absolute atomic E-state index is 0.0318. The number of aromatic hydroxyl groups is 1. The van der Waals surface area contributed by atoms with E-state index in [1.54, 1.807) is 6.07 Å². The third-order valence-corrected chi connectivity index (χ3v) is 10.4. The Morgan fingerprint density at radius 3 is 2.51 bits per heavy atom. The number of hydrogen-bond donors (Lipinski definition) is 4. The molecule has 202 valence electrons. The second-order valence-corrected chi connectivity index (χ2v) is 12.4. The van der Waals surface area contributed by atoms with Crippen LogP contribution in [0.25, 0.3) is 0 Å². The number of benzene rings is 1. The van der Waals surface area contributed by atoms with Crippen molar-refractivity contribution >= 4 is 17.8 Å². The van der Waals surface area contributed by atoms with Crippen LogP contribution in [-0.4, -0.2) is 60.9 Å². The minimum Gasteiger partial charge on any atom is -0.507 e. The fraction of sp³-hybridized carbons (Fsp3) is 0.679. The molecule has 2 aliphatic heterocycles. The predicted octanol–water partition coefficient (Wildman–Crippen LogP) is 3.57. The van der Waals surface area contributed by atoms with Crippen LogP contribution < -0.4 is 4.74 Å². The van der Waals surface area contributed by atoms with Gasteiger partial charge >= 0.3 is 11.9 Å². The van der Waals surface area contributed by atoms with E-state index in [9.17, 15) is 29.7 Å². The van der Waals surface area contributed by atoms with E-state index in [0.29, 0.717) is 29.7 Å². The Morgan fingerprint density at radius 1 is 1.16 bits per heavy atom. The van der Waals surface area contributed by atoms with Gasteiger partial charge in [-0.25, -0.2) is 4.79 Å². The van der Waals surface area contributed by atoms with E-state index in [4.69, 9.17) is 9.84 Å². The topological polar surface area (TPSA) is 145 Å². The number of carbonyl (C=O) groups excluding carboxylic acids is 1. The van der Waals surface area contributed by atoms with E-state index in [-0.39, 0.29) is 59.5 Å². The number of nitrogens with zero attached hydrogens (tertiary/aromatic N) is 1. The van der Waals surface area contributed by atoms with Gasteiger partial charge < -0.3 is 30.1 Å². The molecule has 1 aromatic carbocycles. The smallest absolute Gasteiger partial charge is 0.326 e. The number of aliphatic carboxylic acids is 2. The first-order valence-corrected chi connectivity index (χ1v) is 13.2. The van der Waals surface area contributed by atoms with Gasteiger partial charge in [0, 0.05) is 29.4 Å². The van der Waals surface area contributed by atoms with Crippen LogP contribution in [0.3, 0.4) is 0 Å². The van der Waals surface area contributed by atoms with E-state index in [0.717, 1.165) is 24.2 Å². The fourth-order valence-corrected chi connectivity index (χ4v) is 8.20. The molecular weight excluding hydrogens is 478 g/mol. The summed E-state index contributed by atoms with van der Waals surface area (Å²) in [6.45, 7) is 8.61. The minimum atomic E-state index is -1.30. The third-order valence-electron chi connectivity index (χ3n) is 10.4. The standard InChI is InChI=1S/C28H37NO8/c1-14-5-7-20-26(2,3)21(30)9-10-27(20,4)28(14)12-16-19(37-28)11-15-17(23(16)33)13-29(24(15)34)18(25(35)36)6-8-22(31)32/h11,14,18,20-21,30,33H,5-10,12-13H2,1-4H3,(H,31,32)(H,35,36)/t14-,18-,20-,21+,27-,28-/m0/s1. The van der Waals surface area contributed by atoms with Crippen molar-refractivity contribution in [3.63, 3.8) is 0 Å². The summed E-state index contributed by atoms with van der Waals surface area (Å²) < 4.78 is 6.82. The van der Waals surface area contributed by atoms with Gasteiger partial charge in [0.25, 0.3) is 5.91 Å². The molecule has 9 nitrogen and oxygen atoms in total. The summed E-state index contributed by atoms with van der Waals surface area (Å²) >= 11 is 0. The Morgan fingerprint density at radius 2 is 1.86 bits per heavy atom. The van der Waals surface area contributed by atoms with Gasteiger partial charge in [0.1, 0.15) is 23.1 Å². The van der Waals surface area contributed by atoms with Crippen molar-refractivity contribution in [2.45, 2.75) is 96.9 Å². The van der Waals surface area contributed by atoms with Gasteiger partial charge in [0.05, 0.1) is 18.2 Å². The molecule has 1 amide bonds. The van der Waals surface area contributed by atoms with Gasteiger partial charge in [-0.2, -0.15) is 0 Å². The zero-order chi connectivity index (χ0) is 27.1. The summed E-state index contributed by atoms with van der Waals surface area (Å²) in [5, 5.41) is 40.9. The number of carbonyl (C=O) groups is 3. The van der Waals surface area contributed by atoms with Crippen LogP contribution in [0.15, 0.2) is 6.07 Å². The molecule has 0 unspecified atom stereocenters. The van der Waals surface area contributed by atoms with Gasteiger partial charge in [0.15, 0.2) is 0 Å². The molecule has 1 spiro atoms. The van der Waals surface area contributed by atoms with Gasteiger partial charge in [0.2, 0.25) is 0 Å². The molecule has 2 saturated carbocycles. The first-order valence-electron chi connectivity index (χ1n) is 13.2. The maximum Gasteiger partial charge on any atom is 0.326 e. The maximum atomic E-state index is 13.3. The number of aliphatic hydroxyl groups is 1. The van der Waals surface area contributed by atoms with Crippen molar-refractivity contribution in [3.05, 3.63) is 22.8 Å². The Hall–Kier alpha value is -2.81. The Kier molecular flexibility index (Phi) is 5.83. The predicted molar refractivity (Wildman–Crippen MR) is 132 cm³/mol. The van der Waals surface area contributed by atoms with Crippen LogP contribution in [0.4, 0.5) is 0 Å². The summed E-state index contributed by atoms with van der Waals surface area (Å²) in [4.78, 5) is 37.3. The summed E-state index contributed by atoms with van der Waals surface area (Å²) in [5.74, 6) is -2.10. The van der Waals surface area contributed by atoms with E-state index in [2.05, 4.69) is 27.7 Å². The normalized spacial score (nSPS) is 34.5. The van der Waals surface area contributed by atoms with Crippen LogP contribution in [0.2, 0.25) is 0 Å². The lowest BCUT2D eigenvalue weighted by Crippen LogP contribution is -2.66. The maximum absolute atomic E-state index is 13.3. The molecule has 0 saturated heterocycles. The van der Waals surface area contributed by atoms with Crippen LogP contribution >= 0.6 is 0 Å². The molecule has 5 rings (SSSR count). The van der Waals surface area contributed by atoms with E-state index in [1.165, 1.54) is 0 Å². The van der Waals surface area contributed by atoms with E-state index < -0.39 is 29.5 Å². The lowest BCUT2D eigenvalue weighted by Gasteiger charge is -2.64. The van der Waals surface area contributed by atoms with Crippen molar-refractivity contribution in [2.24, 2.45) is 22.7 Å². The van der Waals surface area contributed by atoms with E-state index >= 15 is 0 Å². The average Bonchev–Trinajstić information content (AvgIpc) is 3.36. The van der Waals surface area contributed by atoms with Crippen LogP contribution in [-0.2, 0) is 22.6 Å². The van der Waals surface area contributed by atoms with Crippen LogP contribution in [0, 0.1) is 22.7 Å². The summed E-state index contributed by atoms with van der Waals surface area (Å²) in [5.41, 5.74) is 0.111. The Labute approximate surface area is 216 Å². The van der Waals surface area contributed by atoms with Crippen molar-refractivity contribution in [3.8, 4) is 11.5 Å². The molecule has 4 aliphatic rings. The third kappa shape index (κ3) is 3.49. The number of aliphatic hydroxyl groups excluding tert-OH is 1. The molecule has 2 aliphatic carbocycles. The lowest BCUT2D eigenvalue weighted by molar-refractivity contribution is -0.210. The van der Waals surface area contributed by atoms with Crippen molar-refractivity contribution in [2.75, 3.05) is 0 Å². The molecule has 0 bridgehead atoms. The molecule has 1 aromatic rings. The Balaban J connectivity index is 1.50. The number of phenolic OH excluding ortho intramolecular Hbond substituents is 1. The fourth-order valence-electron chi connectivity index (χ4n) is 8.20. The number of rotatable bonds is 5. The highest BCUT2D eigenvalue weighted by molar-refractivity contribution is 6.02. The number of fused-ring (bicyclic) bond motifs is 4. The second-order valence-electron chi connectivity index (χ2n) is 12.4. The van der Waals surface area contributed by atoms with Crippen LogP contribution in [0.5, 0.6) is 11.5 Å². The number of hydrogen-bond acceptors (Lipinski definition) is 6. The number of ether oxygens (including phenoxy) is 1. The molecule has 4 N–H and O–H groups in total. The second kappa shape index (κ2) is 8.35.